The average molecular weight is 275 g/mol. The van der Waals surface area contributed by atoms with Crippen molar-refractivity contribution in [2.45, 2.75) is 58.0 Å². The summed E-state index contributed by atoms with van der Waals surface area (Å²) in [7, 11) is 2.16. The molecule has 1 saturated heterocycles. The molecule has 0 aliphatic carbocycles. The second kappa shape index (κ2) is 4.47. The Balaban J connectivity index is 1.90. The molecule has 1 fully saturated rings. The van der Waals surface area contributed by atoms with E-state index in [9.17, 15) is 0 Å². The van der Waals surface area contributed by atoms with E-state index in [1.807, 2.05) is 0 Å². The molecule has 0 unspecified atom stereocenters. The fourth-order valence-electron chi connectivity index (χ4n) is 2.93. The van der Waals surface area contributed by atoms with E-state index < -0.39 is 0 Å². The highest BCUT2D eigenvalue weighted by Gasteiger charge is 2.49. The number of aryl methyl sites for hydroxylation is 1. The minimum atomic E-state index is -0.273. The van der Waals surface area contributed by atoms with Gasteiger partial charge in [-0.1, -0.05) is 6.07 Å². The van der Waals surface area contributed by atoms with Gasteiger partial charge >= 0.3 is 0 Å². The first-order valence-electron chi connectivity index (χ1n) is 7.50. The summed E-state index contributed by atoms with van der Waals surface area (Å²) in [5, 5.41) is 0. The van der Waals surface area contributed by atoms with Crippen LogP contribution < -0.4 is 4.90 Å². The van der Waals surface area contributed by atoms with Crippen molar-refractivity contribution in [3.05, 3.63) is 29.3 Å². The minimum Gasteiger partial charge on any atom is -0.374 e. The van der Waals surface area contributed by atoms with Gasteiger partial charge < -0.3 is 14.4 Å². The van der Waals surface area contributed by atoms with Gasteiger partial charge in [0.15, 0.2) is 6.29 Å². The van der Waals surface area contributed by atoms with E-state index in [2.05, 4.69) is 57.8 Å². The van der Waals surface area contributed by atoms with Crippen LogP contribution in [-0.4, -0.2) is 24.8 Å². The zero-order chi connectivity index (χ0) is 14.5. The van der Waals surface area contributed by atoms with E-state index in [4.69, 9.17) is 9.47 Å². The summed E-state index contributed by atoms with van der Waals surface area (Å²) >= 11 is 0. The molecule has 0 bridgehead atoms. The molecular formula is C17H25NO2. The van der Waals surface area contributed by atoms with Gasteiger partial charge in [-0.25, -0.2) is 0 Å². The summed E-state index contributed by atoms with van der Waals surface area (Å²) in [6, 6.07) is 6.60. The van der Waals surface area contributed by atoms with E-state index in [0.717, 1.165) is 18.5 Å². The molecule has 0 amide bonds. The molecule has 1 aromatic rings. The van der Waals surface area contributed by atoms with Crippen LogP contribution in [0.2, 0.25) is 0 Å². The molecular weight excluding hydrogens is 250 g/mol. The van der Waals surface area contributed by atoms with Crippen LogP contribution >= 0.6 is 0 Å². The Bertz CT molecular complexity index is 506. The molecule has 0 atom stereocenters. The molecule has 0 saturated carbocycles. The summed E-state index contributed by atoms with van der Waals surface area (Å²) < 4.78 is 12.3. The normalized spacial score (nSPS) is 24.8. The fourth-order valence-corrected chi connectivity index (χ4v) is 2.93. The van der Waals surface area contributed by atoms with E-state index in [1.165, 1.54) is 17.7 Å². The molecule has 0 N–H and O–H groups in total. The lowest BCUT2D eigenvalue weighted by atomic mass is 9.90. The standard InChI is InChI=1S/C17H25NO2/c1-16(2)17(3,4)20-15(19-16)13-8-9-14-12(11-13)7-6-10-18(14)5/h8-9,11,15H,6-7,10H2,1-5H3. The minimum absolute atomic E-state index is 0.252. The third-order valence-corrected chi connectivity index (χ3v) is 4.98. The number of benzene rings is 1. The number of hydrogen-bond acceptors (Lipinski definition) is 3. The van der Waals surface area contributed by atoms with Crippen LogP contribution in [0.25, 0.3) is 0 Å². The lowest BCUT2D eigenvalue weighted by Gasteiger charge is -2.30. The third-order valence-electron chi connectivity index (χ3n) is 4.98. The van der Waals surface area contributed by atoms with Crippen LogP contribution in [0, 0.1) is 0 Å². The van der Waals surface area contributed by atoms with E-state index in [1.54, 1.807) is 0 Å². The van der Waals surface area contributed by atoms with Gasteiger partial charge in [0, 0.05) is 24.8 Å². The highest BCUT2D eigenvalue weighted by atomic mass is 16.7. The van der Waals surface area contributed by atoms with Crippen molar-refractivity contribution < 1.29 is 9.47 Å². The Labute approximate surface area is 121 Å². The predicted octanol–water partition coefficient (Wildman–Crippen LogP) is 3.67. The van der Waals surface area contributed by atoms with Crippen LogP contribution in [0.4, 0.5) is 5.69 Å². The third kappa shape index (κ3) is 2.13. The molecule has 3 nitrogen and oxygen atoms in total. The number of rotatable bonds is 1. The van der Waals surface area contributed by atoms with Gasteiger partial charge in [-0.15, -0.1) is 0 Å². The second-order valence-corrected chi connectivity index (χ2v) is 7.00. The second-order valence-electron chi connectivity index (χ2n) is 7.00. The quantitative estimate of drug-likeness (QED) is 0.780. The number of hydrogen-bond donors (Lipinski definition) is 0. The first-order valence-corrected chi connectivity index (χ1v) is 7.50. The maximum absolute atomic E-state index is 6.13. The Hall–Kier alpha value is -1.06. The van der Waals surface area contributed by atoms with Crippen LogP contribution in [0.5, 0.6) is 0 Å². The lowest BCUT2D eigenvalue weighted by Crippen LogP contribution is -2.41. The molecule has 1 aromatic carbocycles. The van der Waals surface area contributed by atoms with Gasteiger partial charge in [0.2, 0.25) is 0 Å². The maximum atomic E-state index is 6.13. The van der Waals surface area contributed by atoms with E-state index in [-0.39, 0.29) is 17.5 Å². The van der Waals surface area contributed by atoms with Crippen LogP contribution in [0.15, 0.2) is 18.2 Å². The molecule has 0 radical (unpaired) electrons. The Morgan fingerprint density at radius 2 is 1.75 bits per heavy atom. The molecule has 3 rings (SSSR count). The fraction of sp³-hybridized carbons (Fsp3) is 0.647. The van der Waals surface area contributed by atoms with Gasteiger partial charge in [-0.3, -0.25) is 0 Å². The topological polar surface area (TPSA) is 21.7 Å². The van der Waals surface area contributed by atoms with Crippen molar-refractivity contribution in [2.75, 3.05) is 18.5 Å². The summed E-state index contributed by atoms with van der Waals surface area (Å²) in [6.07, 6.45) is 2.11. The first kappa shape index (κ1) is 13.9. The molecule has 0 aromatic heterocycles. The van der Waals surface area contributed by atoms with Gasteiger partial charge in [-0.05, 0) is 58.2 Å². The molecule has 2 heterocycles. The summed E-state index contributed by atoms with van der Waals surface area (Å²) in [5.74, 6) is 0. The van der Waals surface area contributed by atoms with Gasteiger partial charge in [0.25, 0.3) is 0 Å². The number of anilines is 1. The average Bonchev–Trinajstić information content (AvgIpc) is 2.58. The zero-order valence-corrected chi connectivity index (χ0v) is 13.2. The number of fused-ring (bicyclic) bond motifs is 1. The lowest BCUT2D eigenvalue weighted by molar-refractivity contribution is -0.0896. The molecule has 3 heteroatoms. The molecule has 0 spiro atoms. The highest BCUT2D eigenvalue weighted by molar-refractivity contribution is 5.56. The van der Waals surface area contributed by atoms with Crippen molar-refractivity contribution in [3.8, 4) is 0 Å². The number of ether oxygens (including phenoxy) is 2. The van der Waals surface area contributed by atoms with Gasteiger partial charge in [0.05, 0.1) is 11.2 Å². The maximum Gasteiger partial charge on any atom is 0.185 e. The Kier molecular flexibility index (Phi) is 3.11. The van der Waals surface area contributed by atoms with Gasteiger partial charge in [-0.2, -0.15) is 0 Å². The first-order chi connectivity index (χ1) is 9.30. The van der Waals surface area contributed by atoms with E-state index >= 15 is 0 Å². The molecule has 20 heavy (non-hydrogen) atoms. The van der Waals surface area contributed by atoms with Crippen LogP contribution in [-0.2, 0) is 15.9 Å². The summed E-state index contributed by atoms with van der Waals surface area (Å²) in [4.78, 5) is 2.33. The van der Waals surface area contributed by atoms with Gasteiger partial charge in [0.1, 0.15) is 0 Å². The van der Waals surface area contributed by atoms with Crippen LogP contribution in [0.1, 0.15) is 51.5 Å². The van der Waals surface area contributed by atoms with Crippen LogP contribution in [0.3, 0.4) is 0 Å². The molecule has 110 valence electrons. The molecule has 2 aliphatic rings. The zero-order valence-electron chi connectivity index (χ0n) is 13.2. The monoisotopic (exact) mass is 275 g/mol. The van der Waals surface area contributed by atoms with Crippen molar-refractivity contribution in [1.82, 2.24) is 0 Å². The SMILES string of the molecule is CN1CCCc2cc(C3OC(C)(C)C(C)(C)O3)ccc21. The molecule has 2 aliphatic heterocycles. The largest absolute Gasteiger partial charge is 0.374 e. The predicted molar refractivity (Wildman–Crippen MR) is 81.1 cm³/mol. The van der Waals surface area contributed by atoms with Crippen molar-refractivity contribution in [1.29, 1.82) is 0 Å². The van der Waals surface area contributed by atoms with Crippen molar-refractivity contribution in [3.63, 3.8) is 0 Å². The summed E-state index contributed by atoms with van der Waals surface area (Å²) in [6.45, 7) is 9.53. The Morgan fingerprint density at radius 3 is 2.40 bits per heavy atom. The smallest absolute Gasteiger partial charge is 0.185 e. The Morgan fingerprint density at radius 1 is 1.10 bits per heavy atom. The highest BCUT2D eigenvalue weighted by Crippen LogP contribution is 2.45. The number of nitrogens with zero attached hydrogens (tertiary/aromatic N) is 1. The van der Waals surface area contributed by atoms with E-state index in [0.29, 0.717) is 0 Å². The van der Waals surface area contributed by atoms with Crippen molar-refractivity contribution in [2.24, 2.45) is 0 Å². The summed E-state index contributed by atoms with van der Waals surface area (Å²) in [5.41, 5.74) is 3.34. The van der Waals surface area contributed by atoms with Crippen molar-refractivity contribution >= 4 is 5.69 Å².